The minimum atomic E-state index is 0.250. The summed E-state index contributed by atoms with van der Waals surface area (Å²) in [7, 11) is 0.250. The molecule has 0 aliphatic rings. The van der Waals surface area contributed by atoms with Gasteiger partial charge in [-0.25, -0.2) is 24.3 Å². The van der Waals surface area contributed by atoms with E-state index in [9.17, 15) is 0 Å². The van der Waals surface area contributed by atoms with Gasteiger partial charge in [0.1, 0.15) is 0 Å². The summed E-state index contributed by atoms with van der Waals surface area (Å²) >= 11 is 2.85. The smallest absolute Gasteiger partial charge is 0.172 e. The maximum absolute atomic E-state index is 8.74. The first-order valence-electron chi connectivity index (χ1n) is 3.64. The molecule has 13 heavy (non-hydrogen) atoms. The molecule has 0 bridgehead atoms. The van der Waals surface area contributed by atoms with E-state index in [0.717, 1.165) is 0 Å². The first-order valence-corrected chi connectivity index (χ1v) is 5.62. The van der Waals surface area contributed by atoms with Gasteiger partial charge in [-0.3, -0.25) is 0 Å². The van der Waals surface area contributed by atoms with E-state index in [4.69, 9.17) is 4.21 Å². The SMILES string of the molecule is O=[S]=[Fe].c1cc[cH-]c1.c1cc[cH-]c1. The van der Waals surface area contributed by atoms with Crippen LogP contribution in [-0.2, 0) is 24.0 Å². The van der Waals surface area contributed by atoms with Crippen LogP contribution in [-0.4, -0.2) is 4.21 Å². The summed E-state index contributed by atoms with van der Waals surface area (Å²) in [6.45, 7) is 0. The molecule has 0 spiro atoms. The molecule has 1 nitrogen and oxygen atoms in total. The molecule has 0 fully saturated rings. The van der Waals surface area contributed by atoms with Gasteiger partial charge < -0.3 is 0 Å². The van der Waals surface area contributed by atoms with Crippen molar-refractivity contribution >= 4 is 9.59 Å². The van der Waals surface area contributed by atoms with E-state index < -0.39 is 0 Å². The number of hydrogen-bond acceptors (Lipinski definition) is 1. The molecular formula is C10H10FeOS-2. The van der Waals surface area contributed by atoms with E-state index >= 15 is 0 Å². The molecule has 0 aliphatic heterocycles. The van der Waals surface area contributed by atoms with Crippen molar-refractivity contribution in [2.24, 2.45) is 0 Å². The van der Waals surface area contributed by atoms with Crippen molar-refractivity contribution in [2.75, 3.05) is 0 Å². The third kappa shape index (κ3) is 11.2. The van der Waals surface area contributed by atoms with E-state index in [-0.39, 0.29) is 9.59 Å². The molecule has 0 amide bonds. The molecule has 2 aromatic rings. The summed E-state index contributed by atoms with van der Waals surface area (Å²) in [5.41, 5.74) is 0. The molecule has 0 heterocycles. The predicted molar refractivity (Wildman–Crippen MR) is 52.2 cm³/mol. The Kier molecular flexibility index (Phi) is 10.6. The summed E-state index contributed by atoms with van der Waals surface area (Å²) in [5.74, 6) is 0. The summed E-state index contributed by atoms with van der Waals surface area (Å²) in [5, 5.41) is 0. The molecule has 0 atom stereocenters. The minimum absolute atomic E-state index is 0.250. The minimum Gasteiger partial charge on any atom is -0.214 e. The Morgan fingerprint density at radius 1 is 0.846 bits per heavy atom. The fourth-order valence-electron chi connectivity index (χ4n) is 0.642. The zero-order chi connectivity index (χ0) is 9.78. The maximum atomic E-state index is 8.74. The first kappa shape index (κ1) is 12.2. The molecule has 0 aliphatic carbocycles. The second-order valence-electron chi connectivity index (χ2n) is 1.98. The molecule has 0 saturated heterocycles. The summed E-state index contributed by atoms with van der Waals surface area (Å²) in [6.07, 6.45) is 0. The van der Waals surface area contributed by atoms with Crippen molar-refractivity contribution in [1.82, 2.24) is 0 Å². The molecule has 0 radical (unpaired) electrons. The number of hydrogen-bond donors (Lipinski definition) is 0. The zero-order valence-corrected chi connectivity index (χ0v) is 8.86. The van der Waals surface area contributed by atoms with E-state index in [1.54, 1.807) is 0 Å². The van der Waals surface area contributed by atoms with Crippen LogP contribution in [0.25, 0.3) is 0 Å². The van der Waals surface area contributed by atoms with Crippen molar-refractivity contribution < 1.29 is 18.6 Å². The van der Waals surface area contributed by atoms with Crippen LogP contribution in [0.3, 0.4) is 0 Å². The Hall–Kier alpha value is -0.761. The van der Waals surface area contributed by atoms with Gasteiger partial charge in [-0.2, -0.15) is 36.4 Å². The van der Waals surface area contributed by atoms with Gasteiger partial charge in [-0.1, -0.05) is 0 Å². The number of rotatable bonds is 0. The van der Waals surface area contributed by atoms with Crippen LogP contribution in [0.1, 0.15) is 0 Å². The largest absolute Gasteiger partial charge is 0.214 e. The van der Waals surface area contributed by atoms with Crippen LogP contribution >= 0.6 is 0 Å². The van der Waals surface area contributed by atoms with Gasteiger partial charge in [0, 0.05) is 0 Å². The molecule has 72 valence electrons. The second kappa shape index (κ2) is 11.2. The van der Waals surface area contributed by atoms with Gasteiger partial charge in [0.05, 0.1) is 0 Å². The summed E-state index contributed by atoms with van der Waals surface area (Å²) < 4.78 is 8.74. The zero-order valence-electron chi connectivity index (χ0n) is 6.94. The van der Waals surface area contributed by atoms with E-state index in [1.807, 2.05) is 60.7 Å². The normalized spacial score (nSPS) is 7.15. The molecule has 2 rings (SSSR count). The summed E-state index contributed by atoms with van der Waals surface area (Å²) in [4.78, 5) is 0. The third-order valence-electron chi connectivity index (χ3n) is 1.11. The van der Waals surface area contributed by atoms with Crippen molar-refractivity contribution in [1.29, 1.82) is 0 Å². The van der Waals surface area contributed by atoms with Crippen LogP contribution < -0.4 is 0 Å². The van der Waals surface area contributed by atoms with Gasteiger partial charge in [0.15, 0.2) is 0 Å². The van der Waals surface area contributed by atoms with Crippen molar-refractivity contribution in [3.63, 3.8) is 0 Å². The van der Waals surface area contributed by atoms with Gasteiger partial charge in [-0.15, -0.1) is 0 Å². The van der Waals surface area contributed by atoms with Crippen LogP contribution in [0, 0.1) is 0 Å². The van der Waals surface area contributed by atoms with Crippen molar-refractivity contribution in [3.05, 3.63) is 60.7 Å². The Bertz CT molecular complexity index is 220. The fourth-order valence-corrected chi connectivity index (χ4v) is 0.642. The van der Waals surface area contributed by atoms with Crippen LogP contribution in [0.5, 0.6) is 0 Å². The first-order chi connectivity index (χ1) is 6.41. The van der Waals surface area contributed by atoms with Gasteiger partial charge in [0.25, 0.3) is 0 Å². The predicted octanol–water partition coefficient (Wildman–Crippen LogP) is 2.47. The molecule has 3 heteroatoms. The molecule has 2 aromatic carbocycles. The standard InChI is InChI=1S/2C5H5.Fe.OS/c2*1-2-4-5-3-1;;1-2/h2*1-5H;;/q2*-1;;. The van der Waals surface area contributed by atoms with E-state index in [1.165, 1.54) is 0 Å². The monoisotopic (exact) mass is 234 g/mol. The molecule has 0 unspecified atom stereocenters. The summed E-state index contributed by atoms with van der Waals surface area (Å²) in [6, 6.07) is 20.0. The van der Waals surface area contributed by atoms with Crippen LogP contribution in [0.15, 0.2) is 60.7 Å². The fraction of sp³-hybridized carbons (Fsp3) is 0. The molecule has 0 saturated carbocycles. The molecule has 0 aromatic heterocycles. The van der Waals surface area contributed by atoms with Gasteiger partial charge >= 0.3 is 28.2 Å². The Morgan fingerprint density at radius 3 is 1.15 bits per heavy atom. The average molecular weight is 234 g/mol. The van der Waals surface area contributed by atoms with Crippen LogP contribution in [0.4, 0.5) is 0 Å². The molecular weight excluding hydrogens is 224 g/mol. The van der Waals surface area contributed by atoms with Gasteiger partial charge in [-0.05, 0) is 0 Å². The van der Waals surface area contributed by atoms with Crippen molar-refractivity contribution in [2.45, 2.75) is 0 Å². The second-order valence-corrected chi connectivity index (χ2v) is 2.65. The Labute approximate surface area is 88.9 Å². The third-order valence-corrected chi connectivity index (χ3v) is 1.11. The maximum Gasteiger partial charge on any atom is -0.172 e. The van der Waals surface area contributed by atoms with E-state index in [0.29, 0.717) is 0 Å². The quantitative estimate of drug-likeness (QED) is 0.505. The topological polar surface area (TPSA) is 17.1 Å². The Balaban J connectivity index is 0.000000174. The van der Waals surface area contributed by atoms with Gasteiger partial charge in [0.2, 0.25) is 0 Å². The molecule has 0 N–H and O–H groups in total. The van der Waals surface area contributed by atoms with Crippen molar-refractivity contribution in [3.8, 4) is 0 Å². The average Bonchev–Trinajstić information content (AvgIpc) is 2.85. The van der Waals surface area contributed by atoms with Crippen LogP contribution in [0.2, 0.25) is 0 Å². The van der Waals surface area contributed by atoms with E-state index in [2.05, 4.69) is 14.4 Å². The Morgan fingerprint density at radius 2 is 1.08 bits per heavy atom.